The molecule has 0 radical (unpaired) electrons. The summed E-state index contributed by atoms with van der Waals surface area (Å²) in [5, 5.41) is -0.246. The van der Waals surface area contributed by atoms with Gasteiger partial charge in [-0.25, -0.2) is 12.8 Å². The molecule has 30 heavy (non-hydrogen) atoms. The van der Waals surface area contributed by atoms with Crippen LogP contribution in [-0.2, 0) is 14.8 Å². The number of nitrogens with zero attached hydrogens (tertiary/aromatic N) is 2. The summed E-state index contributed by atoms with van der Waals surface area (Å²) >= 11 is 5.71. The van der Waals surface area contributed by atoms with Crippen molar-refractivity contribution in [3.63, 3.8) is 0 Å². The van der Waals surface area contributed by atoms with Crippen molar-refractivity contribution in [3.05, 3.63) is 64.9 Å². The van der Waals surface area contributed by atoms with Crippen molar-refractivity contribution in [2.75, 3.05) is 32.8 Å². The molecule has 1 heterocycles. The van der Waals surface area contributed by atoms with Crippen molar-refractivity contribution >= 4 is 33.6 Å². The van der Waals surface area contributed by atoms with Crippen LogP contribution in [0.3, 0.4) is 0 Å². The third kappa shape index (κ3) is 5.19. The summed E-state index contributed by atoms with van der Waals surface area (Å²) < 4.78 is 45.4. The minimum atomic E-state index is -3.80. The monoisotopic (exact) mass is 452 g/mol. The molecule has 0 bridgehead atoms. The zero-order valence-corrected chi connectivity index (χ0v) is 18.0. The van der Waals surface area contributed by atoms with Crippen LogP contribution < -0.4 is 4.74 Å². The number of benzene rings is 2. The summed E-state index contributed by atoms with van der Waals surface area (Å²) in [4.78, 5) is 14.0. The highest BCUT2D eigenvalue weighted by Crippen LogP contribution is 2.23. The van der Waals surface area contributed by atoms with Gasteiger partial charge in [-0.3, -0.25) is 4.79 Å². The fourth-order valence-corrected chi connectivity index (χ4v) is 4.74. The molecule has 160 valence electrons. The highest BCUT2D eigenvalue weighted by Gasteiger charge is 2.30. The van der Waals surface area contributed by atoms with E-state index in [1.54, 1.807) is 11.0 Å². The first kappa shape index (κ1) is 22.3. The van der Waals surface area contributed by atoms with Gasteiger partial charge < -0.3 is 9.64 Å². The van der Waals surface area contributed by atoms with Crippen molar-refractivity contribution in [3.8, 4) is 5.75 Å². The molecule has 0 aromatic heterocycles. The lowest BCUT2D eigenvalue weighted by molar-refractivity contribution is -0.127. The Balaban J connectivity index is 1.59. The van der Waals surface area contributed by atoms with E-state index in [4.69, 9.17) is 16.3 Å². The van der Waals surface area contributed by atoms with Gasteiger partial charge in [-0.1, -0.05) is 23.7 Å². The molecule has 1 fully saturated rings. The maximum Gasteiger partial charge on any atom is 0.246 e. The fraction of sp³-hybridized carbons (Fsp3) is 0.286. The van der Waals surface area contributed by atoms with Gasteiger partial charge in [0.25, 0.3) is 0 Å². The van der Waals surface area contributed by atoms with Gasteiger partial charge in [0.2, 0.25) is 15.9 Å². The number of ether oxygens (including phenoxy) is 1. The first-order chi connectivity index (χ1) is 14.3. The Labute approximate surface area is 180 Å². The van der Waals surface area contributed by atoms with Crippen LogP contribution in [0.2, 0.25) is 5.02 Å². The number of hydrogen-bond acceptors (Lipinski definition) is 4. The molecular formula is C21H22ClFN2O4S. The average molecular weight is 453 g/mol. The predicted molar refractivity (Wildman–Crippen MR) is 113 cm³/mol. The second-order valence-electron chi connectivity index (χ2n) is 6.64. The molecule has 1 aliphatic heterocycles. The Morgan fingerprint density at radius 2 is 1.80 bits per heavy atom. The number of carbonyl (C=O) groups is 1. The smallest absolute Gasteiger partial charge is 0.246 e. The Bertz CT molecular complexity index is 1030. The Morgan fingerprint density at radius 3 is 2.40 bits per heavy atom. The molecule has 0 spiro atoms. The van der Waals surface area contributed by atoms with Crippen LogP contribution in [0.4, 0.5) is 4.39 Å². The Kier molecular flexibility index (Phi) is 7.12. The summed E-state index contributed by atoms with van der Waals surface area (Å²) in [6.07, 6.45) is 3.18. The maximum absolute atomic E-state index is 13.3. The van der Waals surface area contributed by atoms with Crippen molar-refractivity contribution < 1.29 is 22.3 Å². The first-order valence-electron chi connectivity index (χ1n) is 9.46. The van der Waals surface area contributed by atoms with Crippen molar-refractivity contribution in [1.82, 2.24) is 9.21 Å². The fourth-order valence-electron chi connectivity index (χ4n) is 3.05. The van der Waals surface area contributed by atoms with E-state index in [1.807, 2.05) is 31.2 Å². The molecule has 6 nitrogen and oxygen atoms in total. The molecule has 0 N–H and O–H groups in total. The predicted octanol–water partition coefficient (Wildman–Crippen LogP) is 3.42. The average Bonchev–Trinajstić information content (AvgIpc) is 2.75. The maximum atomic E-state index is 13.3. The van der Waals surface area contributed by atoms with Gasteiger partial charge in [-0.05, 0) is 48.9 Å². The Hall–Kier alpha value is -2.42. The molecular weight excluding hydrogens is 431 g/mol. The molecule has 0 atom stereocenters. The van der Waals surface area contributed by atoms with Gasteiger partial charge in [-0.2, -0.15) is 4.31 Å². The molecule has 9 heteroatoms. The van der Waals surface area contributed by atoms with Crippen LogP contribution in [0.1, 0.15) is 12.5 Å². The molecule has 1 amide bonds. The van der Waals surface area contributed by atoms with Crippen molar-refractivity contribution in [1.29, 1.82) is 0 Å². The number of rotatable bonds is 6. The molecule has 0 aliphatic carbocycles. The molecule has 2 aromatic carbocycles. The van der Waals surface area contributed by atoms with E-state index < -0.39 is 15.8 Å². The van der Waals surface area contributed by atoms with E-state index >= 15 is 0 Å². The van der Waals surface area contributed by atoms with E-state index in [1.165, 1.54) is 16.4 Å². The van der Waals surface area contributed by atoms with Gasteiger partial charge in [-0.15, -0.1) is 0 Å². The lowest BCUT2D eigenvalue weighted by atomic mass is 10.2. The third-order valence-electron chi connectivity index (χ3n) is 4.69. The van der Waals surface area contributed by atoms with Crippen LogP contribution in [-0.4, -0.2) is 56.3 Å². The van der Waals surface area contributed by atoms with Crippen molar-refractivity contribution in [2.45, 2.75) is 11.8 Å². The standard InChI is InChI=1S/C21H22ClFN2O4S/c1-2-29-17-6-3-16(4-7-17)5-10-21(26)24-11-13-25(14-12-24)30(27,28)18-8-9-20(23)19(22)15-18/h3-10,15H,2,11-14H2,1H3/b10-5+. The van der Waals surface area contributed by atoms with Gasteiger partial charge in [0, 0.05) is 32.3 Å². The van der Waals surface area contributed by atoms with Crippen LogP contribution in [0, 0.1) is 5.82 Å². The van der Waals surface area contributed by atoms with Crippen LogP contribution in [0.5, 0.6) is 5.75 Å². The number of carbonyl (C=O) groups excluding carboxylic acids is 1. The third-order valence-corrected chi connectivity index (χ3v) is 6.87. The van der Waals surface area contributed by atoms with Gasteiger partial charge in [0.05, 0.1) is 16.5 Å². The lowest BCUT2D eigenvalue weighted by Gasteiger charge is -2.33. The van der Waals surface area contributed by atoms with Crippen LogP contribution in [0.15, 0.2) is 53.4 Å². The van der Waals surface area contributed by atoms with Gasteiger partial charge in [0.15, 0.2) is 0 Å². The number of halogens is 2. The first-order valence-corrected chi connectivity index (χ1v) is 11.3. The lowest BCUT2D eigenvalue weighted by Crippen LogP contribution is -2.50. The largest absolute Gasteiger partial charge is 0.494 e. The van der Waals surface area contributed by atoms with E-state index in [0.29, 0.717) is 6.61 Å². The number of hydrogen-bond donors (Lipinski definition) is 0. The molecule has 2 aromatic rings. The van der Waals surface area contributed by atoms with Crippen LogP contribution >= 0.6 is 11.6 Å². The summed E-state index contributed by atoms with van der Waals surface area (Å²) in [7, 11) is -3.80. The summed E-state index contributed by atoms with van der Waals surface area (Å²) in [6, 6.07) is 10.7. The summed E-state index contributed by atoms with van der Waals surface area (Å²) in [5.74, 6) is -0.100. The number of piperazine rings is 1. The molecule has 1 saturated heterocycles. The number of sulfonamides is 1. The van der Waals surface area contributed by atoms with E-state index in [-0.39, 0.29) is 42.0 Å². The topological polar surface area (TPSA) is 66.9 Å². The second kappa shape index (κ2) is 9.59. The van der Waals surface area contributed by atoms with Crippen LogP contribution in [0.25, 0.3) is 6.08 Å². The normalized spacial score (nSPS) is 15.5. The SMILES string of the molecule is CCOc1ccc(/C=C/C(=O)N2CCN(S(=O)(=O)c3ccc(F)c(Cl)c3)CC2)cc1. The van der Waals surface area contributed by atoms with E-state index in [0.717, 1.165) is 23.4 Å². The minimum absolute atomic E-state index is 0.0657. The summed E-state index contributed by atoms with van der Waals surface area (Å²) in [6.45, 7) is 3.33. The molecule has 1 aliphatic rings. The van der Waals surface area contributed by atoms with E-state index in [9.17, 15) is 17.6 Å². The molecule has 0 unspecified atom stereocenters. The van der Waals surface area contributed by atoms with Gasteiger partial charge in [0.1, 0.15) is 11.6 Å². The van der Waals surface area contributed by atoms with Gasteiger partial charge >= 0.3 is 0 Å². The Morgan fingerprint density at radius 1 is 1.13 bits per heavy atom. The van der Waals surface area contributed by atoms with Crippen molar-refractivity contribution in [2.24, 2.45) is 0 Å². The quantitative estimate of drug-likeness (QED) is 0.630. The number of amides is 1. The second-order valence-corrected chi connectivity index (χ2v) is 8.99. The molecule has 0 saturated carbocycles. The highest BCUT2D eigenvalue weighted by atomic mass is 35.5. The highest BCUT2D eigenvalue weighted by molar-refractivity contribution is 7.89. The minimum Gasteiger partial charge on any atom is -0.494 e. The summed E-state index contributed by atoms with van der Waals surface area (Å²) in [5.41, 5.74) is 0.862. The molecule has 3 rings (SSSR count). The zero-order chi connectivity index (χ0) is 21.7. The zero-order valence-electron chi connectivity index (χ0n) is 16.4. The van der Waals surface area contributed by atoms with E-state index in [2.05, 4.69) is 0 Å².